The molecule has 0 amide bonds. The molecule has 0 aliphatic heterocycles. The molecular formula is C12H18FNO. The zero-order valence-corrected chi connectivity index (χ0v) is 9.29. The van der Waals surface area contributed by atoms with Gasteiger partial charge in [-0.05, 0) is 37.5 Å². The van der Waals surface area contributed by atoms with E-state index in [2.05, 4.69) is 0 Å². The Bertz CT molecular complexity index is 295. The molecule has 1 aromatic carbocycles. The summed E-state index contributed by atoms with van der Waals surface area (Å²) >= 11 is 0. The second-order valence-corrected chi connectivity index (χ2v) is 4.02. The van der Waals surface area contributed by atoms with Gasteiger partial charge in [-0.25, -0.2) is 4.39 Å². The van der Waals surface area contributed by atoms with Gasteiger partial charge >= 0.3 is 0 Å². The number of benzene rings is 1. The molecular weight excluding hydrogens is 193 g/mol. The molecule has 84 valence electrons. The second-order valence-electron chi connectivity index (χ2n) is 4.02. The van der Waals surface area contributed by atoms with Crippen LogP contribution in [0.1, 0.15) is 25.3 Å². The first kappa shape index (κ1) is 12.1. The lowest BCUT2D eigenvalue weighted by atomic mass is 9.88. The molecule has 1 atom stereocenters. The van der Waals surface area contributed by atoms with Crippen molar-refractivity contribution in [3.63, 3.8) is 0 Å². The molecule has 15 heavy (non-hydrogen) atoms. The molecule has 0 saturated carbocycles. The number of nitrogens with two attached hydrogens (primary N) is 1. The first-order chi connectivity index (χ1) is 7.06. The highest BCUT2D eigenvalue weighted by molar-refractivity contribution is 5.23. The summed E-state index contributed by atoms with van der Waals surface area (Å²) in [6.45, 7) is 2.66. The number of hydrogen-bond donors (Lipinski definition) is 1. The molecule has 0 saturated heterocycles. The van der Waals surface area contributed by atoms with E-state index < -0.39 is 5.54 Å². The molecule has 0 heterocycles. The third kappa shape index (κ3) is 3.61. The third-order valence-electron chi connectivity index (χ3n) is 2.55. The summed E-state index contributed by atoms with van der Waals surface area (Å²) in [5.74, 6) is -0.230. The molecule has 0 bridgehead atoms. The number of methoxy groups -OCH3 is 1. The molecule has 0 aliphatic rings. The minimum Gasteiger partial charge on any atom is -0.385 e. The van der Waals surface area contributed by atoms with E-state index in [4.69, 9.17) is 10.5 Å². The van der Waals surface area contributed by atoms with Crippen molar-refractivity contribution in [1.29, 1.82) is 0 Å². The van der Waals surface area contributed by atoms with E-state index in [1.807, 2.05) is 6.92 Å². The fourth-order valence-electron chi connectivity index (χ4n) is 1.56. The Morgan fingerprint density at radius 3 is 2.47 bits per heavy atom. The highest BCUT2D eigenvalue weighted by Gasteiger charge is 2.20. The van der Waals surface area contributed by atoms with E-state index in [-0.39, 0.29) is 5.82 Å². The van der Waals surface area contributed by atoms with Gasteiger partial charge in [0.25, 0.3) is 0 Å². The van der Waals surface area contributed by atoms with Gasteiger partial charge in [0, 0.05) is 19.3 Å². The molecule has 1 aromatic rings. The van der Waals surface area contributed by atoms with E-state index >= 15 is 0 Å². The normalized spacial score (nSPS) is 14.9. The SMILES string of the molecule is COCCCC(C)(N)c1ccc(F)cc1. The lowest BCUT2D eigenvalue weighted by Gasteiger charge is -2.25. The van der Waals surface area contributed by atoms with Gasteiger partial charge in [0.05, 0.1) is 0 Å². The first-order valence-electron chi connectivity index (χ1n) is 5.10. The van der Waals surface area contributed by atoms with E-state index in [0.29, 0.717) is 6.61 Å². The summed E-state index contributed by atoms with van der Waals surface area (Å²) < 4.78 is 17.7. The van der Waals surface area contributed by atoms with Crippen LogP contribution in [0, 0.1) is 5.82 Å². The molecule has 2 N–H and O–H groups in total. The first-order valence-corrected chi connectivity index (χ1v) is 5.10. The maximum Gasteiger partial charge on any atom is 0.123 e. The van der Waals surface area contributed by atoms with Crippen LogP contribution in [0.25, 0.3) is 0 Å². The standard InChI is InChI=1S/C12H18FNO/c1-12(14,8-3-9-15-2)10-4-6-11(13)7-5-10/h4-7H,3,8-9,14H2,1-2H3. The zero-order chi connectivity index (χ0) is 11.3. The monoisotopic (exact) mass is 211 g/mol. The number of hydrogen-bond acceptors (Lipinski definition) is 2. The quantitative estimate of drug-likeness (QED) is 0.759. The summed E-state index contributed by atoms with van der Waals surface area (Å²) in [7, 11) is 1.67. The van der Waals surface area contributed by atoms with Crippen molar-refractivity contribution in [2.45, 2.75) is 25.3 Å². The largest absolute Gasteiger partial charge is 0.385 e. The van der Waals surface area contributed by atoms with Crippen LogP contribution in [0.4, 0.5) is 4.39 Å². The molecule has 1 unspecified atom stereocenters. The van der Waals surface area contributed by atoms with Gasteiger partial charge in [-0.15, -0.1) is 0 Å². The van der Waals surface area contributed by atoms with Crippen LogP contribution in [-0.4, -0.2) is 13.7 Å². The highest BCUT2D eigenvalue weighted by Crippen LogP contribution is 2.23. The van der Waals surface area contributed by atoms with Crippen molar-refractivity contribution < 1.29 is 9.13 Å². The molecule has 3 heteroatoms. The van der Waals surface area contributed by atoms with E-state index in [1.165, 1.54) is 12.1 Å². The van der Waals surface area contributed by atoms with Gasteiger partial charge in [0.15, 0.2) is 0 Å². The van der Waals surface area contributed by atoms with Crippen molar-refractivity contribution in [2.24, 2.45) is 5.73 Å². The van der Waals surface area contributed by atoms with Crippen molar-refractivity contribution in [2.75, 3.05) is 13.7 Å². The van der Waals surface area contributed by atoms with E-state index in [9.17, 15) is 4.39 Å². The minimum absolute atomic E-state index is 0.230. The fraction of sp³-hybridized carbons (Fsp3) is 0.500. The van der Waals surface area contributed by atoms with Crippen molar-refractivity contribution in [3.8, 4) is 0 Å². The maximum absolute atomic E-state index is 12.7. The molecule has 2 nitrogen and oxygen atoms in total. The fourth-order valence-corrected chi connectivity index (χ4v) is 1.56. The van der Waals surface area contributed by atoms with Gasteiger partial charge in [-0.1, -0.05) is 12.1 Å². The molecule has 0 aromatic heterocycles. The molecule has 0 radical (unpaired) electrons. The zero-order valence-electron chi connectivity index (χ0n) is 9.29. The summed E-state index contributed by atoms with van der Waals surface area (Å²) in [5.41, 5.74) is 6.70. The van der Waals surface area contributed by atoms with E-state index in [0.717, 1.165) is 18.4 Å². The van der Waals surface area contributed by atoms with Crippen LogP contribution in [-0.2, 0) is 10.3 Å². The predicted molar refractivity (Wildman–Crippen MR) is 59.0 cm³/mol. The Labute approximate surface area is 90.2 Å². The Balaban J connectivity index is 2.63. The molecule has 0 spiro atoms. The minimum atomic E-state index is -0.410. The van der Waals surface area contributed by atoms with Gasteiger partial charge in [-0.2, -0.15) is 0 Å². The van der Waals surface area contributed by atoms with Crippen LogP contribution < -0.4 is 5.73 Å². The smallest absolute Gasteiger partial charge is 0.123 e. The summed E-state index contributed by atoms with van der Waals surface area (Å²) in [5, 5.41) is 0. The van der Waals surface area contributed by atoms with Gasteiger partial charge in [0.1, 0.15) is 5.82 Å². The number of halogens is 1. The number of ether oxygens (including phenoxy) is 1. The Morgan fingerprint density at radius 2 is 1.93 bits per heavy atom. The average Bonchev–Trinajstić information content (AvgIpc) is 2.18. The van der Waals surface area contributed by atoms with Gasteiger partial charge in [-0.3, -0.25) is 0 Å². The Morgan fingerprint density at radius 1 is 1.33 bits per heavy atom. The lowest BCUT2D eigenvalue weighted by Crippen LogP contribution is -2.33. The third-order valence-corrected chi connectivity index (χ3v) is 2.55. The molecule has 0 fully saturated rings. The van der Waals surface area contributed by atoms with Gasteiger partial charge < -0.3 is 10.5 Å². The van der Waals surface area contributed by atoms with Crippen molar-refractivity contribution in [1.82, 2.24) is 0 Å². The van der Waals surface area contributed by atoms with Crippen LogP contribution in [0.3, 0.4) is 0 Å². The van der Waals surface area contributed by atoms with Crippen molar-refractivity contribution in [3.05, 3.63) is 35.6 Å². The lowest BCUT2D eigenvalue weighted by molar-refractivity contribution is 0.184. The topological polar surface area (TPSA) is 35.2 Å². The Kier molecular flexibility index (Phi) is 4.24. The molecule has 0 aliphatic carbocycles. The van der Waals surface area contributed by atoms with Crippen molar-refractivity contribution >= 4 is 0 Å². The summed E-state index contributed by atoms with van der Waals surface area (Å²) in [6, 6.07) is 6.36. The average molecular weight is 211 g/mol. The summed E-state index contributed by atoms with van der Waals surface area (Å²) in [6.07, 6.45) is 1.73. The van der Waals surface area contributed by atoms with Crippen LogP contribution in [0.2, 0.25) is 0 Å². The van der Waals surface area contributed by atoms with Gasteiger partial charge in [0.2, 0.25) is 0 Å². The highest BCUT2D eigenvalue weighted by atomic mass is 19.1. The predicted octanol–water partition coefficient (Wildman–Crippen LogP) is 2.43. The van der Waals surface area contributed by atoms with Crippen LogP contribution >= 0.6 is 0 Å². The number of rotatable bonds is 5. The van der Waals surface area contributed by atoms with Crippen LogP contribution in [0.5, 0.6) is 0 Å². The van der Waals surface area contributed by atoms with E-state index in [1.54, 1.807) is 19.2 Å². The maximum atomic E-state index is 12.7. The van der Waals surface area contributed by atoms with Crippen LogP contribution in [0.15, 0.2) is 24.3 Å². The molecule has 1 rings (SSSR count). The summed E-state index contributed by atoms with van der Waals surface area (Å²) in [4.78, 5) is 0. The Hall–Kier alpha value is -0.930. The second kappa shape index (κ2) is 5.24.